The Morgan fingerprint density at radius 2 is 0.467 bits per heavy atom. The van der Waals surface area contributed by atoms with Gasteiger partial charge in [0.25, 0.3) is 0 Å². The van der Waals surface area contributed by atoms with Crippen molar-refractivity contribution in [2.45, 2.75) is 394 Å². The van der Waals surface area contributed by atoms with Gasteiger partial charge in [0.05, 0.1) is 0 Å². The van der Waals surface area contributed by atoms with Gasteiger partial charge in [0.15, 0.2) is 6.10 Å². The minimum Gasteiger partial charge on any atom is -0.462 e. The van der Waals surface area contributed by atoms with Crippen molar-refractivity contribution in [1.82, 2.24) is 0 Å². The lowest BCUT2D eigenvalue weighted by atomic mass is 9.99. The zero-order chi connectivity index (χ0) is 54.8. The highest BCUT2D eigenvalue weighted by Crippen LogP contribution is 2.20. The first-order chi connectivity index (χ1) is 36.6. The Balaban J connectivity index is 4.28. The summed E-state index contributed by atoms with van der Waals surface area (Å²) in [4.78, 5) is 38.4. The van der Waals surface area contributed by atoms with E-state index in [1.807, 2.05) is 0 Å². The number of unbranched alkanes of at least 4 members (excludes halogenated alkanes) is 44. The van der Waals surface area contributed by atoms with Gasteiger partial charge < -0.3 is 14.2 Å². The summed E-state index contributed by atoms with van der Waals surface area (Å²) in [7, 11) is 0. The average Bonchev–Trinajstić information content (AvgIpc) is 3.39. The maximum atomic E-state index is 12.9. The van der Waals surface area contributed by atoms with E-state index >= 15 is 0 Å². The molecule has 0 N–H and O–H groups in total. The lowest BCUT2D eigenvalue weighted by molar-refractivity contribution is -0.167. The molecule has 0 spiro atoms. The van der Waals surface area contributed by atoms with Gasteiger partial charge in [0.1, 0.15) is 13.2 Å². The lowest BCUT2D eigenvalue weighted by Gasteiger charge is -2.18. The largest absolute Gasteiger partial charge is 0.462 e. The molecule has 2 atom stereocenters. The monoisotopic (exact) mass is 1060 g/mol. The van der Waals surface area contributed by atoms with Crippen LogP contribution in [0.1, 0.15) is 388 Å². The molecule has 0 aliphatic heterocycles. The van der Waals surface area contributed by atoms with Gasteiger partial charge in [-0.3, -0.25) is 14.4 Å². The van der Waals surface area contributed by atoms with E-state index in [0.29, 0.717) is 19.3 Å². The van der Waals surface area contributed by atoms with Crippen LogP contribution in [-0.2, 0) is 28.6 Å². The van der Waals surface area contributed by atoms with Crippen LogP contribution in [0.15, 0.2) is 0 Å². The third-order valence-corrected chi connectivity index (χ3v) is 16.3. The van der Waals surface area contributed by atoms with Crippen LogP contribution in [0, 0.1) is 17.8 Å². The van der Waals surface area contributed by atoms with Crippen LogP contribution in [0.25, 0.3) is 0 Å². The Labute approximate surface area is 469 Å². The first kappa shape index (κ1) is 73.4. The maximum absolute atomic E-state index is 12.9. The number of rotatable bonds is 62. The van der Waals surface area contributed by atoms with E-state index in [9.17, 15) is 14.4 Å². The van der Waals surface area contributed by atoms with Gasteiger partial charge in [-0.05, 0) is 37.0 Å². The molecule has 0 heterocycles. The molecule has 75 heavy (non-hydrogen) atoms. The summed E-state index contributed by atoms with van der Waals surface area (Å²) in [6.45, 7) is 13.9. The molecule has 0 aromatic heterocycles. The molecule has 1 unspecified atom stereocenters. The molecule has 0 amide bonds. The van der Waals surface area contributed by atoms with Crippen molar-refractivity contribution in [1.29, 1.82) is 0 Å². The fourth-order valence-electron chi connectivity index (χ4n) is 10.7. The number of ether oxygens (including phenoxy) is 3. The molecule has 0 radical (unpaired) electrons. The van der Waals surface area contributed by atoms with Crippen molar-refractivity contribution in [2.75, 3.05) is 13.2 Å². The predicted octanol–water partition coefficient (Wildman–Crippen LogP) is 23.0. The van der Waals surface area contributed by atoms with E-state index in [1.165, 1.54) is 270 Å². The topological polar surface area (TPSA) is 78.9 Å². The quantitative estimate of drug-likeness (QED) is 0.0343. The molecule has 0 saturated heterocycles. The minimum absolute atomic E-state index is 0.0621. The van der Waals surface area contributed by atoms with Crippen molar-refractivity contribution < 1.29 is 28.6 Å². The normalized spacial score (nSPS) is 12.5. The van der Waals surface area contributed by atoms with Crippen LogP contribution in [0.3, 0.4) is 0 Å². The number of hydrogen-bond acceptors (Lipinski definition) is 6. The second-order valence-corrected chi connectivity index (χ2v) is 25.0. The highest BCUT2D eigenvalue weighted by Gasteiger charge is 2.20. The average molecular weight is 1060 g/mol. The standard InChI is InChI=1S/C69H134O6/c1-7-65(6)57-51-45-39-33-27-21-14-10-8-9-11-15-24-30-36-42-48-54-60-69(72)75-66(62-74-68(71)59-53-47-41-35-29-23-18-17-20-26-32-38-44-50-56-64(4)5)61-73-67(70)58-52-46-40-34-28-22-16-12-13-19-25-31-37-43-49-55-63(2)3/h63-66H,7-62H2,1-6H3/t65?,66-/m0/s1. The van der Waals surface area contributed by atoms with Crippen LogP contribution < -0.4 is 0 Å². The van der Waals surface area contributed by atoms with E-state index in [0.717, 1.165) is 75.5 Å². The number of esters is 3. The molecule has 0 rings (SSSR count). The molecule has 0 aliphatic rings. The lowest BCUT2D eigenvalue weighted by Crippen LogP contribution is -2.30. The molecule has 6 heteroatoms. The molecule has 0 aliphatic carbocycles. The van der Waals surface area contributed by atoms with Gasteiger partial charge in [0, 0.05) is 19.3 Å². The zero-order valence-electron chi connectivity index (χ0n) is 51.9. The van der Waals surface area contributed by atoms with Crippen molar-refractivity contribution in [3.63, 3.8) is 0 Å². The van der Waals surface area contributed by atoms with E-state index < -0.39 is 6.10 Å². The van der Waals surface area contributed by atoms with Crippen LogP contribution in [0.2, 0.25) is 0 Å². The van der Waals surface area contributed by atoms with Crippen molar-refractivity contribution in [3.05, 3.63) is 0 Å². The summed E-state index contributed by atoms with van der Waals surface area (Å²) >= 11 is 0. The Kier molecular flexibility index (Phi) is 58.8. The van der Waals surface area contributed by atoms with Gasteiger partial charge >= 0.3 is 17.9 Å². The van der Waals surface area contributed by atoms with E-state index in [-0.39, 0.29) is 31.1 Å². The summed E-state index contributed by atoms with van der Waals surface area (Å²) < 4.78 is 17.0. The second kappa shape index (κ2) is 60.1. The Morgan fingerprint density at radius 3 is 0.693 bits per heavy atom. The highest BCUT2D eigenvalue weighted by atomic mass is 16.6. The van der Waals surface area contributed by atoms with E-state index in [1.54, 1.807) is 0 Å². The minimum atomic E-state index is -0.765. The third-order valence-electron chi connectivity index (χ3n) is 16.3. The third kappa shape index (κ3) is 61.5. The Morgan fingerprint density at radius 1 is 0.267 bits per heavy atom. The van der Waals surface area contributed by atoms with Crippen molar-refractivity contribution in [2.24, 2.45) is 17.8 Å². The van der Waals surface area contributed by atoms with Gasteiger partial charge in [-0.25, -0.2) is 0 Å². The highest BCUT2D eigenvalue weighted by molar-refractivity contribution is 5.71. The molecule has 0 bridgehead atoms. The van der Waals surface area contributed by atoms with Gasteiger partial charge in [-0.2, -0.15) is 0 Å². The van der Waals surface area contributed by atoms with Crippen molar-refractivity contribution in [3.8, 4) is 0 Å². The molecule has 0 aromatic rings. The number of carbonyl (C=O) groups excluding carboxylic acids is 3. The SMILES string of the molecule is CCC(C)CCCCCCCCCCCCCCCCCCCCC(=O)O[C@@H](COC(=O)CCCCCCCCCCCCCCCCCC(C)C)COC(=O)CCCCCCCCCCCCCCCCC(C)C. The van der Waals surface area contributed by atoms with Crippen LogP contribution in [-0.4, -0.2) is 37.2 Å². The summed E-state index contributed by atoms with van der Waals surface area (Å²) in [6, 6.07) is 0. The van der Waals surface area contributed by atoms with E-state index in [4.69, 9.17) is 14.2 Å². The Bertz CT molecular complexity index is 1170. The number of hydrogen-bond donors (Lipinski definition) is 0. The van der Waals surface area contributed by atoms with Gasteiger partial charge in [-0.1, -0.05) is 350 Å². The summed E-state index contributed by atoms with van der Waals surface area (Å²) in [5, 5.41) is 0. The molecule has 446 valence electrons. The molecule has 0 saturated carbocycles. The molecule has 6 nitrogen and oxygen atoms in total. The fourth-order valence-corrected chi connectivity index (χ4v) is 10.7. The first-order valence-corrected chi connectivity index (χ1v) is 34.1. The van der Waals surface area contributed by atoms with Crippen LogP contribution in [0.5, 0.6) is 0 Å². The van der Waals surface area contributed by atoms with E-state index in [2.05, 4.69) is 41.5 Å². The van der Waals surface area contributed by atoms with Crippen LogP contribution in [0.4, 0.5) is 0 Å². The second-order valence-electron chi connectivity index (χ2n) is 25.0. The zero-order valence-corrected chi connectivity index (χ0v) is 51.9. The smallest absolute Gasteiger partial charge is 0.306 e. The predicted molar refractivity (Wildman–Crippen MR) is 326 cm³/mol. The molecular weight excluding hydrogens is 925 g/mol. The fraction of sp³-hybridized carbons (Fsp3) is 0.957. The van der Waals surface area contributed by atoms with Crippen molar-refractivity contribution >= 4 is 17.9 Å². The maximum Gasteiger partial charge on any atom is 0.306 e. The van der Waals surface area contributed by atoms with Gasteiger partial charge in [0.2, 0.25) is 0 Å². The van der Waals surface area contributed by atoms with Gasteiger partial charge in [-0.15, -0.1) is 0 Å². The summed E-state index contributed by atoms with van der Waals surface area (Å²) in [5.74, 6) is 1.77. The summed E-state index contributed by atoms with van der Waals surface area (Å²) in [6.07, 6.45) is 66.8. The van der Waals surface area contributed by atoms with Crippen LogP contribution >= 0.6 is 0 Å². The summed E-state index contributed by atoms with van der Waals surface area (Å²) in [5.41, 5.74) is 0. The molecule has 0 fully saturated rings. The number of carbonyl (C=O) groups is 3. The molecular formula is C69H134O6. The molecule has 0 aromatic carbocycles. The first-order valence-electron chi connectivity index (χ1n) is 34.1. The Hall–Kier alpha value is -1.59.